The standard InChI is InChI=1S/C11H16N4S2/c1-3-5-15(2)8-9-7-13-11(17-9)14-10-12-4-6-16-10/h4,6-7H,3,5,8H2,1-2H3,(H,12,13,14). The van der Waals surface area contributed by atoms with Crippen molar-refractivity contribution >= 4 is 32.9 Å². The Morgan fingerprint density at radius 1 is 1.35 bits per heavy atom. The second-order valence-electron chi connectivity index (χ2n) is 3.83. The molecule has 6 heteroatoms. The lowest BCUT2D eigenvalue weighted by Crippen LogP contribution is -2.17. The molecule has 4 nitrogen and oxygen atoms in total. The molecule has 0 aliphatic heterocycles. The van der Waals surface area contributed by atoms with Crippen LogP contribution in [-0.2, 0) is 6.54 Å². The maximum absolute atomic E-state index is 4.35. The maximum atomic E-state index is 4.35. The Hall–Kier alpha value is -0.980. The molecular weight excluding hydrogens is 252 g/mol. The average molecular weight is 268 g/mol. The Morgan fingerprint density at radius 2 is 2.24 bits per heavy atom. The Labute approximate surface area is 109 Å². The number of anilines is 2. The zero-order valence-corrected chi connectivity index (χ0v) is 11.6. The van der Waals surface area contributed by atoms with Gasteiger partial charge in [-0.1, -0.05) is 6.92 Å². The maximum Gasteiger partial charge on any atom is 0.189 e. The van der Waals surface area contributed by atoms with E-state index < -0.39 is 0 Å². The van der Waals surface area contributed by atoms with Crippen LogP contribution in [0.4, 0.5) is 10.3 Å². The van der Waals surface area contributed by atoms with Crippen LogP contribution < -0.4 is 5.32 Å². The van der Waals surface area contributed by atoms with Gasteiger partial charge in [0.15, 0.2) is 10.3 Å². The second kappa shape index (κ2) is 6.09. The largest absolute Gasteiger partial charge is 0.307 e. The SMILES string of the molecule is CCCN(C)Cc1cnc(Nc2nccs2)s1. The molecule has 1 N–H and O–H groups in total. The Balaban J connectivity index is 1.91. The third kappa shape index (κ3) is 3.76. The minimum Gasteiger partial charge on any atom is -0.307 e. The molecule has 0 aliphatic rings. The fourth-order valence-electron chi connectivity index (χ4n) is 1.54. The van der Waals surface area contributed by atoms with Gasteiger partial charge in [0.05, 0.1) is 0 Å². The van der Waals surface area contributed by atoms with Gasteiger partial charge in [-0.3, -0.25) is 0 Å². The molecule has 0 spiro atoms. The highest BCUT2D eigenvalue weighted by atomic mass is 32.1. The molecule has 2 aromatic heterocycles. The van der Waals surface area contributed by atoms with Crippen LogP contribution in [-0.4, -0.2) is 28.5 Å². The molecule has 92 valence electrons. The van der Waals surface area contributed by atoms with Gasteiger partial charge in [0.1, 0.15) is 0 Å². The van der Waals surface area contributed by atoms with Crippen molar-refractivity contribution in [2.45, 2.75) is 19.9 Å². The predicted molar refractivity (Wildman–Crippen MR) is 74.1 cm³/mol. The van der Waals surface area contributed by atoms with Gasteiger partial charge in [0.2, 0.25) is 0 Å². The van der Waals surface area contributed by atoms with Crippen molar-refractivity contribution in [2.75, 3.05) is 18.9 Å². The van der Waals surface area contributed by atoms with E-state index in [-0.39, 0.29) is 0 Å². The molecule has 2 rings (SSSR count). The summed E-state index contributed by atoms with van der Waals surface area (Å²) in [4.78, 5) is 12.1. The number of hydrogen-bond donors (Lipinski definition) is 1. The molecule has 0 bridgehead atoms. The van der Waals surface area contributed by atoms with E-state index in [0.29, 0.717) is 0 Å². The third-order valence-electron chi connectivity index (χ3n) is 2.23. The van der Waals surface area contributed by atoms with Crippen LogP contribution in [0.3, 0.4) is 0 Å². The number of rotatable bonds is 6. The van der Waals surface area contributed by atoms with Crippen LogP contribution in [0, 0.1) is 0 Å². The zero-order valence-electron chi connectivity index (χ0n) is 10.0. The van der Waals surface area contributed by atoms with E-state index in [1.54, 1.807) is 28.9 Å². The molecule has 0 radical (unpaired) electrons. The summed E-state index contributed by atoms with van der Waals surface area (Å²) in [5.74, 6) is 0. The van der Waals surface area contributed by atoms with Gasteiger partial charge in [-0.2, -0.15) is 0 Å². The summed E-state index contributed by atoms with van der Waals surface area (Å²) < 4.78 is 0. The first-order chi connectivity index (χ1) is 8.28. The molecule has 0 saturated carbocycles. The zero-order chi connectivity index (χ0) is 12.1. The van der Waals surface area contributed by atoms with Crippen molar-refractivity contribution in [3.8, 4) is 0 Å². The smallest absolute Gasteiger partial charge is 0.189 e. The molecule has 0 amide bonds. The van der Waals surface area contributed by atoms with Crippen LogP contribution >= 0.6 is 22.7 Å². The first kappa shape index (κ1) is 12.5. The van der Waals surface area contributed by atoms with E-state index in [4.69, 9.17) is 0 Å². The minimum atomic E-state index is 0.896. The molecule has 2 heterocycles. The predicted octanol–water partition coefficient (Wildman–Crippen LogP) is 3.19. The van der Waals surface area contributed by atoms with Gasteiger partial charge < -0.3 is 10.2 Å². The molecule has 0 atom stereocenters. The molecule has 0 aromatic carbocycles. The lowest BCUT2D eigenvalue weighted by Gasteiger charge is -2.13. The van der Waals surface area contributed by atoms with Crippen molar-refractivity contribution in [2.24, 2.45) is 0 Å². The highest BCUT2D eigenvalue weighted by Crippen LogP contribution is 2.24. The van der Waals surface area contributed by atoms with Crippen LogP contribution in [0.1, 0.15) is 18.2 Å². The summed E-state index contributed by atoms with van der Waals surface area (Å²) >= 11 is 3.27. The summed E-state index contributed by atoms with van der Waals surface area (Å²) in [6.07, 6.45) is 4.91. The molecule has 0 unspecified atom stereocenters. The van der Waals surface area contributed by atoms with Crippen molar-refractivity contribution in [1.29, 1.82) is 0 Å². The monoisotopic (exact) mass is 268 g/mol. The summed E-state index contributed by atoms with van der Waals surface area (Å²) in [5.41, 5.74) is 0. The fraction of sp³-hybridized carbons (Fsp3) is 0.455. The molecule has 0 fully saturated rings. The molecule has 0 saturated heterocycles. The quantitative estimate of drug-likeness (QED) is 0.873. The van der Waals surface area contributed by atoms with E-state index >= 15 is 0 Å². The van der Waals surface area contributed by atoms with Gasteiger partial charge in [0, 0.05) is 29.2 Å². The van der Waals surface area contributed by atoms with Crippen LogP contribution in [0.25, 0.3) is 0 Å². The van der Waals surface area contributed by atoms with Gasteiger partial charge in [-0.05, 0) is 20.0 Å². The van der Waals surface area contributed by atoms with Crippen molar-refractivity contribution in [3.05, 3.63) is 22.7 Å². The van der Waals surface area contributed by atoms with Crippen molar-refractivity contribution in [3.63, 3.8) is 0 Å². The first-order valence-corrected chi connectivity index (χ1v) is 7.27. The van der Waals surface area contributed by atoms with Gasteiger partial charge in [-0.25, -0.2) is 9.97 Å². The number of thiazole rings is 2. The average Bonchev–Trinajstić information content (AvgIpc) is 2.91. The number of nitrogens with zero attached hydrogens (tertiary/aromatic N) is 3. The van der Waals surface area contributed by atoms with Crippen LogP contribution in [0.15, 0.2) is 17.8 Å². The van der Waals surface area contributed by atoms with E-state index in [9.17, 15) is 0 Å². The Bertz CT molecular complexity index is 438. The summed E-state index contributed by atoms with van der Waals surface area (Å²) in [6.45, 7) is 4.27. The summed E-state index contributed by atoms with van der Waals surface area (Å²) in [5, 5.41) is 6.97. The fourth-order valence-corrected chi connectivity index (χ4v) is 3.03. The first-order valence-electron chi connectivity index (χ1n) is 5.57. The van der Waals surface area contributed by atoms with Gasteiger partial charge in [-0.15, -0.1) is 22.7 Å². The lowest BCUT2D eigenvalue weighted by molar-refractivity contribution is 0.330. The van der Waals surface area contributed by atoms with Gasteiger partial charge in [0.25, 0.3) is 0 Å². The van der Waals surface area contributed by atoms with E-state index in [2.05, 4.69) is 34.2 Å². The Kier molecular flexibility index (Phi) is 4.47. The molecule has 2 aromatic rings. The highest BCUT2D eigenvalue weighted by Gasteiger charge is 2.05. The lowest BCUT2D eigenvalue weighted by atomic mass is 10.4. The number of hydrogen-bond acceptors (Lipinski definition) is 6. The second-order valence-corrected chi connectivity index (χ2v) is 5.84. The molecule has 0 aliphatic carbocycles. The highest BCUT2D eigenvalue weighted by molar-refractivity contribution is 7.17. The van der Waals surface area contributed by atoms with Crippen LogP contribution in [0.5, 0.6) is 0 Å². The van der Waals surface area contributed by atoms with E-state index in [1.807, 2.05) is 11.6 Å². The van der Waals surface area contributed by atoms with Crippen LogP contribution in [0.2, 0.25) is 0 Å². The summed E-state index contributed by atoms with van der Waals surface area (Å²) in [7, 11) is 2.14. The minimum absolute atomic E-state index is 0.896. The van der Waals surface area contributed by atoms with Crippen molar-refractivity contribution in [1.82, 2.24) is 14.9 Å². The van der Waals surface area contributed by atoms with E-state index in [1.165, 1.54) is 11.3 Å². The van der Waals surface area contributed by atoms with Crippen molar-refractivity contribution < 1.29 is 0 Å². The summed E-state index contributed by atoms with van der Waals surface area (Å²) in [6, 6.07) is 0. The molecule has 17 heavy (non-hydrogen) atoms. The third-order valence-corrected chi connectivity index (χ3v) is 3.82. The topological polar surface area (TPSA) is 41.1 Å². The number of aromatic nitrogens is 2. The molecular formula is C11H16N4S2. The van der Waals surface area contributed by atoms with Gasteiger partial charge >= 0.3 is 0 Å². The van der Waals surface area contributed by atoms with E-state index in [0.717, 1.165) is 23.4 Å². The normalized spacial score (nSPS) is 11.0. The number of nitrogens with one attached hydrogen (secondary N) is 1. The Morgan fingerprint density at radius 3 is 2.94 bits per heavy atom.